The molecule has 1 fully saturated rings. The Balaban J connectivity index is 2.27. The summed E-state index contributed by atoms with van der Waals surface area (Å²) in [6.07, 6.45) is 1.94. The Morgan fingerprint density at radius 3 is 2.27 bits per heavy atom. The number of phenols is 1. The van der Waals surface area contributed by atoms with Crippen molar-refractivity contribution >= 4 is 10.8 Å². The fraction of sp³-hybridized carbons (Fsp3) is 0.231. The topological polar surface area (TPSA) is 46.2 Å². The van der Waals surface area contributed by atoms with Gasteiger partial charge in [0.1, 0.15) is 5.75 Å². The van der Waals surface area contributed by atoms with Crippen LogP contribution < -0.4 is 5.73 Å². The van der Waals surface area contributed by atoms with Crippen molar-refractivity contribution in [1.82, 2.24) is 0 Å². The Hall–Kier alpha value is -1.54. The first-order valence-electron chi connectivity index (χ1n) is 5.20. The summed E-state index contributed by atoms with van der Waals surface area (Å²) in [6.45, 7) is 0. The Morgan fingerprint density at radius 2 is 1.67 bits per heavy atom. The van der Waals surface area contributed by atoms with Crippen molar-refractivity contribution < 1.29 is 5.11 Å². The Morgan fingerprint density at radius 1 is 1.07 bits per heavy atom. The Kier molecular flexibility index (Phi) is 1.59. The zero-order valence-corrected chi connectivity index (χ0v) is 8.40. The van der Waals surface area contributed by atoms with E-state index in [-0.39, 0.29) is 5.54 Å². The molecule has 2 aromatic rings. The molecule has 2 nitrogen and oxygen atoms in total. The zero-order chi connectivity index (χ0) is 10.5. The maximum absolute atomic E-state index is 9.90. The van der Waals surface area contributed by atoms with E-state index < -0.39 is 0 Å². The van der Waals surface area contributed by atoms with Crippen LogP contribution in [0.2, 0.25) is 0 Å². The maximum Gasteiger partial charge on any atom is 0.121 e. The van der Waals surface area contributed by atoms with Gasteiger partial charge in [-0.1, -0.05) is 24.3 Å². The van der Waals surface area contributed by atoms with Crippen LogP contribution in [0.5, 0.6) is 5.75 Å². The van der Waals surface area contributed by atoms with Crippen molar-refractivity contribution in [3.63, 3.8) is 0 Å². The van der Waals surface area contributed by atoms with Crippen LogP contribution in [0.15, 0.2) is 36.4 Å². The number of nitrogens with two attached hydrogens (primary N) is 1. The van der Waals surface area contributed by atoms with Crippen LogP contribution >= 0.6 is 0 Å². The number of hydrogen-bond acceptors (Lipinski definition) is 2. The molecule has 1 aliphatic rings. The number of hydrogen-bond donors (Lipinski definition) is 2. The molecule has 0 unspecified atom stereocenters. The van der Waals surface area contributed by atoms with E-state index in [4.69, 9.17) is 5.73 Å². The van der Waals surface area contributed by atoms with Gasteiger partial charge in [0.05, 0.1) is 0 Å². The fourth-order valence-corrected chi connectivity index (χ4v) is 2.03. The van der Waals surface area contributed by atoms with Gasteiger partial charge in [-0.2, -0.15) is 0 Å². The molecule has 1 saturated carbocycles. The highest BCUT2D eigenvalue weighted by Crippen LogP contribution is 2.47. The monoisotopic (exact) mass is 199 g/mol. The predicted octanol–water partition coefficient (Wildman–Crippen LogP) is 2.49. The molecular weight excluding hydrogens is 186 g/mol. The van der Waals surface area contributed by atoms with Crippen molar-refractivity contribution in [2.75, 3.05) is 0 Å². The molecule has 0 aromatic heterocycles. The summed E-state index contributed by atoms with van der Waals surface area (Å²) in [5.74, 6) is 0.328. The molecule has 1 aliphatic carbocycles. The number of rotatable bonds is 1. The van der Waals surface area contributed by atoms with E-state index in [2.05, 4.69) is 0 Å². The first-order chi connectivity index (χ1) is 7.19. The van der Waals surface area contributed by atoms with Crippen molar-refractivity contribution in [3.8, 4) is 5.75 Å². The van der Waals surface area contributed by atoms with Crippen LogP contribution in [-0.4, -0.2) is 5.11 Å². The normalized spacial score (nSPS) is 17.9. The number of fused-ring (bicyclic) bond motifs is 1. The van der Waals surface area contributed by atoms with E-state index in [0.29, 0.717) is 5.75 Å². The SMILES string of the molecule is NC1(c2cc3ccccc3cc2O)CC1. The molecule has 15 heavy (non-hydrogen) atoms. The first kappa shape index (κ1) is 8.74. The van der Waals surface area contributed by atoms with E-state index in [0.717, 1.165) is 29.2 Å². The molecule has 0 heterocycles. The van der Waals surface area contributed by atoms with Crippen LogP contribution in [-0.2, 0) is 5.54 Å². The molecule has 0 saturated heterocycles. The summed E-state index contributed by atoms with van der Waals surface area (Å²) in [6, 6.07) is 11.8. The summed E-state index contributed by atoms with van der Waals surface area (Å²) in [5.41, 5.74) is 6.72. The zero-order valence-electron chi connectivity index (χ0n) is 8.40. The van der Waals surface area contributed by atoms with Gasteiger partial charge in [-0.3, -0.25) is 0 Å². The number of benzene rings is 2. The van der Waals surface area contributed by atoms with Crippen LogP contribution in [0.1, 0.15) is 18.4 Å². The molecule has 3 N–H and O–H groups in total. The second kappa shape index (κ2) is 2.74. The van der Waals surface area contributed by atoms with Crippen molar-refractivity contribution in [1.29, 1.82) is 0 Å². The van der Waals surface area contributed by atoms with Gasteiger partial charge < -0.3 is 10.8 Å². The second-order valence-electron chi connectivity index (χ2n) is 4.37. The lowest BCUT2D eigenvalue weighted by atomic mass is 10.00. The second-order valence-corrected chi connectivity index (χ2v) is 4.37. The summed E-state index contributed by atoms with van der Waals surface area (Å²) >= 11 is 0. The van der Waals surface area contributed by atoms with Crippen LogP contribution in [0, 0.1) is 0 Å². The largest absolute Gasteiger partial charge is 0.508 e. The highest BCUT2D eigenvalue weighted by Gasteiger charge is 2.41. The summed E-state index contributed by atoms with van der Waals surface area (Å²) in [7, 11) is 0. The van der Waals surface area contributed by atoms with Gasteiger partial charge >= 0.3 is 0 Å². The molecule has 0 spiro atoms. The molecule has 0 bridgehead atoms. The first-order valence-corrected chi connectivity index (χ1v) is 5.20. The van der Waals surface area contributed by atoms with Crippen molar-refractivity contribution in [2.24, 2.45) is 5.73 Å². The lowest BCUT2D eigenvalue weighted by Crippen LogP contribution is -2.18. The maximum atomic E-state index is 9.90. The minimum atomic E-state index is -0.270. The van der Waals surface area contributed by atoms with Crippen molar-refractivity contribution in [2.45, 2.75) is 18.4 Å². The van der Waals surface area contributed by atoms with E-state index in [1.54, 1.807) is 6.07 Å². The average molecular weight is 199 g/mol. The lowest BCUT2D eigenvalue weighted by Gasteiger charge is -2.12. The molecule has 0 radical (unpaired) electrons. The predicted molar refractivity (Wildman–Crippen MR) is 60.7 cm³/mol. The Bertz CT molecular complexity index is 529. The minimum Gasteiger partial charge on any atom is -0.508 e. The van der Waals surface area contributed by atoms with Crippen LogP contribution in [0.4, 0.5) is 0 Å². The van der Waals surface area contributed by atoms with Gasteiger partial charge in [0.25, 0.3) is 0 Å². The smallest absolute Gasteiger partial charge is 0.121 e. The molecule has 2 heteroatoms. The van der Waals surface area contributed by atoms with E-state index >= 15 is 0 Å². The van der Waals surface area contributed by atoms with Gasteiger partial charge in [-0.25, -0.2) is 0 Å². The highest BCUT2D eigenvalue weighted by molar-refractivity contribution is 5.85. The number of aromatic hydroxyl groups is 1. The fourth-order valence-electron chi connectivity index (χ4n) is 2.03. The molecule has 2 aromatic carbocycles. The lowest BCUT2D eigenvalue weighted by molar-refractivity contribution is 0.461. The van der Waals surface area contributed by atoms with Gasteiger partial charge in [0, 0.05) is 11.1 Å². The van der Waals surface area contributed by atoms with Gasteiger partial charge in [0.15, 0.2) is 0 Å². The quantitative estimate of drug-likeness (QED) is 0.741. The summed E-state index contributed by atoms with van der Waals surface area (Å²) in [5, 5.41) is 12.1. The Labute approximate surface area is 88.3 Å². The van der Waals surface area contributed by atoms with Gasteiger partial charge in [-0.05, 0) is 35.7 Å². The standard InChI is InChI=1S/C13H13NO/c14-13(5-6-13)11-7-9-3-1-2-4-10(9)8-12(11)15/h1-4,7-8,15H,5-6,14H2. The minimum absolute atomic E-state index is 0.270. The van der Waals surface area contributed by atoms with E-state index in [1.807, 2.05) is 30.3 Å². The van der Waals surface area contributed by atoms with E-state index in [1.165, 1.54) is 0 Å². The average Bonchev–Trinajstić information content (AvgIpc) is 2.96. The summed E-state index contributed by atoms with van der Waals surface area (Å²) < 4.78 is 0. The third-order valence-electron chi connectivity index (χ3n) is 3.19. The third-order valence-corrected chi connectivity index (χ3v) is 3.19. The molecular formula is C13H13NO. The van der Waals surface area contributed by atoms with Crippen LogP contribution in [0.3, 0.4) is 0 Å². The molecule has 0 aliphatic heterocycles. The molecule has 76 valence electrons. The molecule has 0 amide bonds. The molecule has 3 rings (SSSR count). The van der Waals surface area contributed by atoms with Crippen molar-refractivity contribution in [3.05, 3.63) is 42.0 Å². The van der Waals surface area contributed by atoms with Gasteiger partial charge in [0.2, 0.25) is 0 Å². The third kappa shape index (κ3) is 1.29. The highest BCUT2D eigenvalue weighted by atomic mass is 16.3. The van der Waals surface area contributed by atoms with Crippen LogP contribution in [0.25, 0.3) is 10.8 Å². The van der Waals surface area contributed by atoms with E-state index in [9.17, 15) is 5.11 Å². The van der Waals surface area contributed by atoms with Gasteiger partial charge in [-0.15, -0.1) is 0 Å². The molecule has 0 atom stereocenters. The summed E-state index contributed by atoms with van der Waals surface area (Å²) in [4.78, 5) is 0. The number of phenolic OH excluding ortho intramolecular Hbond substituents is 1.